The number of anilines is 2. The van der Waals surface area contributed by atoms with Gasteiger partial charge in [-0.2, -0.15) is 0 Å². The second-order valence-electron chi connectivity index (χ2n) is 8.99. The highest BCUT2D eigenvalue weighted by Crippen LogP contribution is 2.43. The van der Waals surface area contributed by atoms with Crippen LogP contribution in [0.5, 0.6) is 5.75 Å². The summed E-state index contributed by atoms with van der Waals surface area (Å²) in [6.45, 7) is 6.19. The van der Waals surface area contributed by atoms with Crippen molar-refractivity contribution in [2.45, 2.75) is 38.5 Å². The number of non-ortho nitro benzene ring substituents is 1. The van der Waals surface area contributed by atoms with Gasteiger partial charge in [0, 0.05) is 42.7 Å². The second kappa shape index (κ2) is 7.87. The molecular weight excluding hydrogens is 406 g/mol. The standard InChI is InChI=1S/C24H25N5O3/c1-24(2)14-16-15-25-23(27-22(16)20-13-18(29(30)31)7-10-21(20)24)26-17-5-8-19(9-6-17)32-28-11-3-4-12-28/h5-10,13,15H,3-4,11-12,14H2,1-2H3,(H,25,26,27). The SMILES string of the molecule is CC1(C)Cc2cnc(Nc3ccc(ON4CCCC4)cc3)nc2-c2cc([N+](=O)[O-])ccc21. The van der Waals surface area contributed by atoms with Gasteiger partial charge in [-0.15, -0.1) is 5.06 Å². The first-order valence-corrected chi connectivity index (χ1v) is 10.8. The van der Waals surface area contributed by atoms with E-state index in [1.807, 2.05) is 41.6 Å². The van der Waals surface area contributed by atoms with Crippen molar-refractivity contribution in [2.75, 3.05) is 18.4 Å². The minimum Gasteiger partial charge on any atom is -0.406 e. The molecule has 0 bridgehead atoms. The van der Waals surface area contributed by atoms with Crippen molar-refractivity contribution in [2.24, 2.45) is 0 Å². The van der Waals surface area contributed by atoms with Crippen LogP contribution in [0.1, 0.15) is 37.8 Å². The van der Waals surface area contributed by atoms with Crippen LogP contribution >= 0.6 is 0 Å². The van der Waals surface area contributed by atoms with E-state index < -0.39 is 0 Å². The second-order valence-corrected chi connectivity index (χ2v) is 8.99. The number of fused-ring (bicyclic) bond motifs is 3. The third-order valence-corrected chi connectivity index (χ3v) is 6.11. The number of hydrogen-bond donors (Lipinski definition) is 1. The van der Waals surface area contributed by atoms with Gasteiger partial charge in [0.25, 0.3) is 5.69 Å². The molecule has 1 aliphatic carbocycles. The van der Waals surface area contributed by atoms with Crippen molar-refractivity contribution in [3.8, 4) is 17.0 Å². The topological polar surface area (TPSA) is 93.4 Å². The Hall–Kier alpha value is -3.52. The maximum Gasteiger partial charge on any atom is 0.270 e. The molecule has 164 valence electrons. The lowest BCUT2D eigenvalue weighted by Crippen LogP contribution is -2.26. The molecule has 0 saturated carbocycles. The normalized spacial score (nSPS) is 16.8. The van der Waals surface area contributed by atoms with Crippen molar-refractivity contribution in [3.05, 3.63) is 69.9 Å². The van der Waals surface area contributed by atoms with Crippen LogP contribution in [-0.2, 0) is 11.8 Å². The van der Waals surface area contributed by atoms with Crippen molar-refractivity contribution in [3.63, 3.8) is 0 Å². The fourth-order valence-corrected chi connectivity index (χ4v) is 4.49. The van der Waals surface area contributed by atoms with Crippen molar-refractivity contribution < 1.29 is 9.76 Å². The number of nitro groups is 1. The molecule has 8 nitrogen and oxygen atoms in total. The van der Waals surface area contributed by atoms with Crippen LogP contribution in [0.3, 0.4) is 0 Å². The first-order chi connectivity index (χ1) is 15.4. The molecule has 1 fully saturated rings. The lowest BCUT2D eigenvalue weighted by Gasteiger charge is -2.33. The first-order valence-electron chi connectivity index (χ1n) is 10.8. The number of benzene rings is 2. The summed E-state index contributed by atoms with van der Waals surface area (Å²) in [5.74, 6) is 1.25. The molecule has 8 heteroatoms. The summed E-state index contributed by atoms with van der Waals surface area (Å²) in [5, 5.41) is 16.6. The Labute approximate surface area is 186 Å². The van der Waals surface area contributed by atoms with Crippen LogP contribution < -0.4 is 10.2 Å². The monoisotopic (exact) mass is 431 g/mol. The van der Waals surface area contributed by atoms with Gasteiger partial charge in [0.05, 0.1) is 10.6 Å². The molecule has 0 atom stereocenters. The van der Waals surface area contributed by atoms with Gasteiger partial charge >= 0.3 is 0 Å². The van der Waals surface area contributed by atoms with E-state index in [2.05, 4.69) is 24.1 Å². The molecule has 1 N–H and O–H groups in total. The summed E-state index contributed by atoms with van der Waals surface area (Å²) in [6.07, 6.45) is 4.92. The van der Waals surface area contributed by atoms with Gasteiger partial charge < -0.3 is 10.2 Å². The van der Waals surface area contributed by atoms with E-state index in [9.17, 15) is 10.1 Å². The molecular formula is C24H25N5O3. The lowest BCUT2D eigenvalue weighted by molar-refractivity contribution is -0.384. The van der Waals surface area contributed by atoms with Gasteiger partial charge in [0.1, 0.15) is 5.75 Å². The summed E-state index contributed by atoms with van der Waals surface area (Å²) < 4.78 is 0. The Morgan fingerprint density at radius 3 is 2.59 bits per heavy atom. The maximum atomic E-state index is 11.4. The van der Waals surface area contributed by atoms with Gasteiger partial charge in [-0.1, -0.05) is 19.9 Å². The minimum absolute atomic E-state index is 0.0640. The molecule has 2 heterocycles. The summed E-state index contributed by atoms with van der Waals surface area (Å²) in [5.41, 5.74) is 4.34. The highest BCUT2D eigenvalue weighted by molar-refractivity contribution is 5.75. The van der Waals surface area contributed by atoms with Crippen molar-refractivity contribution >= 4 is 17.3 Å². The van der Waals surface area contributed by atoms with E-state index in [4.69, 9.17) is 9.82 Å². The molecule has 1 aliphatic heterocycles. The van der Waals surface area contributed by atoms with Gasteiger partial charge in [-0.3, -0.25) is 10.1 Å². The summed E-state index contributed by atoms with van der Waals surface area (Å²) >= 11 is 0. The minimum atomic E-state index is -0.367. The predicted molar refractivity (Wildman–Crippen MR) is 122 cm³/mol. The van der Waals surface area contributed by atoms with Crippen LogP contribution in [0.15, 0.2) is 48.7 Å². The highest BCUT2D eigenvalue weighted by atomic mass is 16.7. The average molecular weight is 431 g/mol. The highest BCUT2D eigenvalue weighted by Gasteiger charge is 2.33. The van der Waals surface area contributed by atoms with E-state index in [1.165, 1.54) is 12.8 Å². The van der Waals surface area contributed by atoms with Crippen LogP contribution in [0, 0.1) is 10.1 Å². The maximum absolute atomic E-state index is 11.4. The molecule has 1 saturated heterocycles. The van der Waals surface area contributed by atoms with Crippen molar-refractivity contribution in [1.82, 2.24) is 15.0 Å². The van der Waals surface area contributed by atoms with Crippen LogP contribution in [-0.4, -0.2) is 33.0 Å². The third kappa shape index (κ3) is 3.89. The van der Waals surface area contributed by atoms with Crippen LogP contribution in [0.25, 0.3) is 11.3 Å². The zero-order chi connectivity index (χ0) is 22.3. The zero-order valence-electron chi connectivity index (χ0n) is 18.2. The molecule has 3 aromatic rings. The van der Waals surface area contributed by atoms with E-state index in [-0.39, 0.29) is 16.0 Å². The number of nitro benzene ring substituents is 1. The lowest BCUT2D eigenvalue weighted by atomic mass is 9.72. The molecule has 1 aromatic heterocycles. The van der Waals surface area contributed by atoms with Crippen LogP contribution in [0.4, 0.5) is 17.3 Å². The Balaban J connectivity index is 1.42. The van der Waals surface area contributed by atoms with E-state index in [0.717, 1.165) is 53.3 Å². The number of aromatic nitrogens is 2. The fraction of sp³-hybridized carbons (Fsp3) is 0.333. The molecule has 2 aliphatic rings. The largest absolute Gasteiger partial charge is 0.406 e. The fourth-order valence-electron chi connectivity index (χ4n) is 4.49. The number of nitrogens with one attached hydrogen (secondary N) is 1. The molecule has 0 unspecified atom stereocenters. The van der Waals surface area contributed by atoms with Gasteiger partial charge in [-0.05, 0) is 60.1 Å². The molecule has 0 radical (unpaired) electrons. The molecule has 0 amide bonds. The van der Waals surface area contributed by atoms with Gasteiger partial charge in [-0.25, -0.2) is 9.97 Å². The van der Waals surface area contributed by atoms with E-state index in [1.54, 1.807) is 12.1 Å². The van der Waals surface area contributed by atoms with Gasteiger partial charge in [0.2, 0.25) is 5.95 Å². The van der Waals surface area contributed by atoms with E-state index in [0.29, 0.717) is 5.95 Å². The quantitative estimate of drug-likeness (QED) is 0.448. The number of hydrogen-bond acceptors (Lipinski definition) is 7. The first kappa shape index (κ1) is 20.4. The Kier molecular flexibility index (Phi) is 5.01. The number of nitrogens with zero attached hydrogens (tertiary/aromatic N) is 4. The Morgan fingerprint density at radius 2 is 1.88 bits per heavy atom. The molecule has 32 heavy (non-hydrogen) atoms. The smallest absolute Gasteiger partial charge is 0.270 e. The Morgan fingerprint density at radius 1 is 1.12 bits per heavy atom. The van der Waals surface area contributed by atoms with Crippen molar-refractivity contribution in [1.29, 1.82) is 0 Å². The molecule has 0 spiro atoms. The molecule has 2 aromatic carbocycles. The summed E-state index contributed by atoms with van der Waals surface area (Å²) in [7, 11) is 0. The van der Waals surface area contributed by atoms with E-state index >= 15 is 0 Å². The van der Waals surface area contributed by atoms with Crippen LogP contribution in [0.2, 0.25) is 0 Å². The number of hydroxylamine groups is 2. The zero-order valence-corrected chi connectivity index (χ0v) is 18.2. The molecule has 5 rings (SSSR count). The summed E-state index contributed by atoms with van der Waals surface area (Å²) in [4.78, 5) is 26.1. The van der Waals surface area contributed by atoms with Gasteiger partial charge in [0.15, 0.2) is 0 Å². The average Bonchev–Trinajstić information content (AvgIpc) is 3.28. The Bertz CT molecular complexity index is 1170. The number of rotatable bonds is 5. The predicted octanol–water partition coefficient (Wildman–Crippen LogP) is 5.02. The summed E-state index contributed by atoms with van der Waals surface area (Å²) in [6, 6.07) is 12.7. The third-order valence-electron chi connectivity index (χ3n) is 6.11.